The second-order valence-corrected chi connectivity index (χ2v) is 7.57. The summed E-state index contributed by atoms with van der Waals surface area (Å²) in [5, 5.41) is 3.06. The molecule has 7 nitrogen and oxygen atoms in total. The number of rotatable bonds is 4. The number of carbonyl (C=O) groups is 3. The standard InChI is InChI=1S/C20H26N2O5/c1-20(2)19(25)22(12-17(23)26-3)15-11-13(9-10-16(15)27-20)18(24)21-14-7-5-4-6-8-14/h9-11,14H,4-8,12H2,1-3H3,(H,21,24). The van der Waals surface area contributed by atoms with E-state index in [1.54, 1.807) is 32.0 Å². The highest BCUT2D eigenvalue weighted by atomic mass is 16.5. The summed E-state index contributed by atoms with van der Waals surface area (Å²) < 4.78 is 10.5. The molecule has 0 spiro atoms. The number of fused-ring (bicyclic) bond motifs is 1. The van der Waals surface area contributed by atoms with Crippen LogP contribution < -0.4 is 15.0 Å². The second-order valence-electron chi connectivity index (χ2n) is 7.57. The SMILES string of the molecule is COC(=O)CN1C(=O)C(C)(C)Oc2ccc(C(=O)NC3CCCCC3)cc21. The number of amides is 2. The molecule has 1 aromatic rings. The van der Waals surface area contributed by atoms with Crippen LogP contribution >= 0.6 is 0 Å². The summed E-state index contributed by atoms with van der Waals surface area (Å²) in [6.07, 6.45) is 5.43. The van der Waals surface area contributed by atoms with E-state index in [1.165, 1.54) is 18.4 Å². The third-order valence-electron chi connectivity index (χ3n) is 5.09. The molecule has 1 N–H and O–H groups in total. The van der Waals surface area contributed by atoms with Gasteiger partial charge in [0, 0.05) is 11.6 Å². The van der Waals surface area contributed by atoms with Gasteiger partial charge in [-0.2, -0.15) is 0 Å². The summed E-state index contributed by atoms with van der Waals surface area (Å²) in [5.74, 6) is -0.619. The first-order valence-corrected chi connectivity index (χ1v) is 9.34. The third-order valence-corrected chi connectivity index (χ3v) is 5.09. The van der Waals surface area contributed by atoms with Crippen LogP contribution in [0.25, 0.3) is 0 Å². The molecule has 1 saturated carbocycles. The Morgan fingerprint density at radius 3 is 2.63 bits per heavy atom. The van der Waals surface area contributed by atoms with Gasteiger partial charge in [-0.05, 0) is 44.9 Å². The fourth-order valence-corrected chi connectivity index (χ4v) is 3.58. The molecule has 0 saturated heterocycles. The van der Waals surface area contributed by atoms with Crippen molar-refractivity contribution in [3.05, 3.63) is 23.8 Å². The molecule has 2 amide bonds. The first-order valence-electron chi connectivity index (χ1n) is 9.34. The molecule has 1 aliphatic heterocycles. The van der Waals surface area contributed by atoms with Crippen molar-refractivity contribution in [1.82, 2.24) is 5.32 Å². The van der Waals surface area contributed by atoms with Crippen LogP contribution in [0.3, 0.4) is 0 Å². The van der Waals surface area contributed by atoms with Crippen LogP contribution in [0.1, 0.15) is 56.3 Å². The lowest BCUT2D eigenvalue weighted by Gasteiger charge is -2.38. The number of nitrogens with zero attached hydrogens (tertiary/aromatic N) is 1. The summed E-state index contributed by atoms with van der Waals surface area (Å²) in [7, 11) is 1.27. The lowest BCUT2D eigenvalue weighted by atomic mass is 9.95. The molecule has 1 aromatic carbocycles. The molecule has 146 valence electrons. The first kappa shape index (κ1) is 19.2. The number of anilines is 1. The molecule has 0 radical (unpaired) electrons. The van der Waals surface area contributed by atoms with E-state index in [0.717, 1.165) is 25.7 Å². The highest BCUT2D eigenvalue weighted by Gasteiger charge is 2.42. The molecule has 1 aliphatic carbocycles. The van der Waals surface area contributed by atoms with Gasteiger partial charge in [0.2, 0.25) is 0 Å². The van der Waals surface area contributed by atoms with Gasteiger partial charge in [-0.15, -0.1) is 0 Å². The fourth-order valence-electron chi connectivity index (χ4n) is 3.58. The van der Waals surface area contributed by atoms with Gasteiger partial charge in [0.1, 0.15) is 12.3 Å². The van der Waals surface area contributed by atoms with Crippen molar-refractivity contribution in [1.29, 1.82) is 0 Å². The highest BCUT2D eigenvalue weighted by Crippen LogP contribution is 2.38. The van der Waals surface area contributed by atoms with Crippen molar-refractivity contribution >= 4 is 23.5 Å². The predicted octanol–water partition coefficient (Wildman–Crippen LogP) is 2.43. The van der Waals surface area contributed by atoms with E-state index in [-0.39, 0.29) is 24.4 Å². The second kappa shape index (κ2) is 7.58. The van der Waals surface area contributed by atoms with Crippen LogP contribution in [-0.4, -0.2) is 43.1 Å². The van der Waals surface area contributed by atoms with E-state index in [2.05, 4.69) is 5.32 Å². The topological polar surface area (TPSA) is 84.9 Å². The van der Waals surface area contributed by atoms with Crippen LogP contribution in [-0.2, 0) is 14.3 Å². The molecule has 2 aliphatic rings. The normalized spacial score (nSPS) is 19.1. The van der Waals surface area contributed by atoms with Crippen LogP contribution in [0.15, 0.2) is 18.2 Å². The van der Waals surface area contributed by atoms with Crippen molar-refractivity contribution < 1.29 is 23.9 Å². The van der Waals surface area contributed by atoms with Gasteiger partial charge in [0.15, 0.2) is 5.60 Å². The van der Waals surface area contributed by atoms with Crippen LogP contribution in [0.4, 0.5) is 5.69 Å². The number of esters is 1. The number of hydrogen-bond donors (Lipinski definition) is 1. The summed E-state index contributed by atoms with van der Waals surface area (Å²) >= 11 is 0. The molecule has 7 heteroatoms. The molecular weight excluding hydrogens is 348 g/mol. The Hall–Kier alpha value is -2.57. The van der Waals surface area contributed by atoms with Gasteiger partial charge in [0.25, 0.3) is 11.8 Å². The maximum atomic E-state index is 12.8. The maximum Gasteiger partial charge on any atom is 0.325 e. The Bertz CT molecular complexity index is 753. The smallest absolute Gasteiger partial charge is 0.325 e. The quantitative estimate of drug-likeness (QED) is 0.818. The molecule has 1 heterocycles. The molecule has 0 atom stereocenters. The number of methoxy groups -OCH3 is 1. The predicted molar refractivity (Wildman–Crippen MR) is 99.9 cm³/mol. The third kappa shape index (κ3) is 4.07. The molecular formula is C20H26N2O5. The minimum Gasteiger partial charge on any atom is -0.476 e. The number of ether oxygens (including phenoxy) is 2. The van der Waals surface area contributed by atoms with Crippen molar-refractivity contribution in [2.24, 2.45) is 0 Å². The zero-order valence-electron chi connectivity index (χ0n) is 16.0. The zero-order chi connectivity index (χ0) is 19.6. The van der Waals surface area contributed by atoms with Crippen LogP contribution in [0.2, 0.25) is 0 Å². The van der Waals surface area contributed by atoms with E-state index in [9.17, 15) is 14.4 Å². The molecule has 0 aromatic heterocycles. The zero-order valence-corrected chi connectivity index (χ0v) is 16.0. The van der Waals surface area contributed by atoms with Gasteiger partial charge in [0.05, 0.1) is 12.8 Å². The number of carbonyl (C=O) groups excluding carboxylic acids is 3. The lowest BCUT2D eigenvalue weighted by Crippen LogP contribution is -2.54. The lowest BCUT2D eigenvalue weighted by molar-refractivity contribution is -0.142. The Balaban J connectivity index is 1.87. The Morgan fingerprint density at radius 2 is 1.96 bits per heavy atom. The summed E-state index contributed by atoms with van der Waals surface area (Å²) in [6.45, 7) is 3.06. The molecule has 0 bridgehead atoms. The van der Waals surface area contributed by atoms with Crippen molar-refractivity contribution in [2.75, 3.05) is 18.6 Å². The van der Waals surface area contributed by atoms with Crippen LogP contribution in [0.5, 0.6) is 5.75 Å². The summed E-state index contributed by atoms with van der Waals surface area (Å²) in [4.78, 5) is 38.5. The largest absolute Gasteiger partial charge is 0.476 e. The monoisotopic (exact) mass is 374 g/mol. The first-order chi connectivity index (χ1) is 12.8. The minimum atomic E-state index is -1.10. The van der Waals surface area contributed by atoms with Crippen molar-refractivity contribution in [3.63, 3.8) is 0 Å². The summed E-state index contributed by atoms with van der Waals surface area (Å²) in [5.41, 5.74) is -0.265. The summed E-state index contributed by atoms with van der Waals surface area (Å²) in [6, 6.07) is 5.14. The van der Waals surface area contributed by atoms with Gasteiger partial charge in [-0.25, -0.2) is 0 Å². The van der Waals surface area contributed by atoms with E-state index < -0.39 is 11.6 Å². The fraction of sp³-hybridized carbons (Fsp3) is 0.550. The molecule has 3 rings (SSSR count). The Labute approximate surface area is 159 Å². The number of benzene rings is 1. The Kier molecular flexibility index (Phi) is 5.39. The minimum absolute atomic E-state index is 0.181. The van der Waals surface area contributed by atoms with E-state index in [1.807, 2.05) is 0 Å². The molecule has 1 fully saturated rings. The van der Waals surface area contributed by atoms with Gasteiger partial charge < -0.3 is 14.8 Å². The van der Waals surface area contributed by atoms with Crippen molar-refractivity contribution in [3.8, 4) is 5.75 Å². The van der Waals surface area contributed by atoms with E-state index in [4.69, 9.17) is 9.47 Å². The number of hydrogen-bond acceptors (Lipinski definition) is 5. The maximum absolute atomic E-state index is 12.8. The number of nitrogens with one attached hydrogen (secondary N) is 1. The van der Waals surface area contributed by atoms with E-state index >= 15 is 0 Å². The van der Waals surface area contributed by atoms with Gasteiger partial charge in [-0.1, -0.05) is 19.3 Å². The van der Waals surface area contributed by atoms with Crippen molar-refractivity contribution in [2.45, 2.75) is 57.6 Å². The average Bonchev–Trinajstić information content (AvgIpc) is 2.65. The highest BCUT2D eigenvalue weighted by molar-refractivity contribution is 6.06. The van der Waals surface area contributed by atoms with Gasteiger partial charge in [-0.3, -0.25) is 19.3 Å². The average molecular weight is 374 g/mol. The molecule has 27 heavy (non-hydrogen) atoms. The van der Waals surface area contributed by atoms with Gasteiger partial charge >= 0.3 is 5.97 Å². The molecule has 0 unspecified atom stereocenters. The van der Waals surface area contributed by atoms with E-state index in [0.29, 0.717) is 17.0 Å². The van der Waals surface area contributed by atoms with Crippen LogP contribution in [0, 0.1) is 0 Å². The Morgan fingerprint density at radius 1 is 1.26 bits per heavy atom.